The van der Waals surface area contributed by atoms with Gasteiger partial charge in [-0.25, -0.2) is 9.79 Å². The van der Waals surface area contributed by atoms with Crippen LogP contribution in [0.1, 0.15) is 37.9 Å². The summed E-state index contributed by atoms with van der Waals surface area (Å²) >= 11 is 4.52. The zero-order chi connectivity index (χ0) is 28.0. The summed E-state index contributed by atoms with van der Waals surface area (Å²) in [5, 5.41) is 11.8. The van der Waals surface area contributed by atoms with Crippen molar-refractivity contribution in [1.29, 1.82) is 0 Å². The lowest BCUT2D eigenvalue weighted by molar-refractivity contribution is -0.385. The molecular formula is C26H22BrN3O8S. The van der Waals surface area contributed by atoms with E-state index in [0.717, 1.165) is 11.3 Å². The third-order valence-electron chi connectivity index (χ3n) is 6.08. The minimum atomic E-state index is -0.922. The van der Waals surface area contributed by atoms with Gasteiger partial charge in [-0.2, -0.15) is 0 Å². The van der Waals surface area contributed by atoms with Crippen molar-refractivity contribution in [2.24, 2.45) is 4.99 Å². The normalized spacial score (nSPS) is 16.3. The van der Waals surface area contributed by atoms with E-state index in [9.17, 15) is 19.7 Å². The number of ether oxygens (including phenoxy) is 4. The lowest BCUT2D eigenvalue weighted by Gasteiger charge is -2.26. The van der Waals surface area contributed by atoms with Crippen LogP contribution in [0.15, 0.2) is 55.9 Å². The number of methoxy groups -OCH3 is 1. The van der Waals surface area contributed by atoms with E-state index in [1.54, 1.807) is 39.0 Å². The first-order valence-electron chi connectivity index (χ1n) is 11.7. The summed E-state index contributed by atoms with van der Waals surface area (Å²) in [6.07, 6.45) is 1.02. The molecule has 0 spiro atoms. The van der Waals surface area contributed by atoms with Gasteiger partial charge in [0, 0.05) is 10.0 Å². The van der Waals surface area contributed by atoms with E-state index in [2.05, 4.69) is 20.9 Å². The minimum Gasteiger partial charge on any atom is -0.496 e. The van der Waals surface area contributed by atoms with Gasteiger partial charge < -0.3 is 18.9 Å². The van der Waals surface area contributed by atoms with Gasteiger partial charge in [0.15, 0.2) is 16.3 Å². The summed E-state index contributed by atoms with van der Waals surface area (Å²) in [6.45, 7) is 5.08. The van der Waals surface area contributed by atoms with E-state index in [-0.39, 0.29) is 33.9 Å². The zero-order valence-corrected chi connectivity index (χ0v) is 23.6. The SMILES string of the molecule is COc1ccc(Br)cc1[C@@H]1C(C(=O)OC(C)C)=C(C)N=c2s/c(=C\c3cc4c(cc3[N+](=O)[O-])OCO4)c(=O)n21. The van der Waals surface area contributed by atoms with Crippen molar-refractivity contribution >= 4 is 45.0 Å². The summed E-state index contributed by atoms with van der Waals surface area (Å²) < 4.78 is 24.1. The molecule has 0 N–H and O–H groups in total. The van der Waals surface area contributed by atoms with Crippen molar-refractivity contribution in [2.45, 2.75) is 32.9 Å². The van der Waals surface area contributed by atoms with Crippen molar-refractivity contribution in [3.63, 3.8) is 0 Å². The van der Waals surface area contributed by atoms with Gasteiger partial charge in [-0.15, -0.1) is 0 Å². The molecule has 1 atom stereocenters. The molecule has 0 amide bonds. The van der Waals surface area contributed by atoms with Gasteiger partial charge >= 0.3 is 5.97 Å². The number of esters is 1. The summed E-state index contributed by atoms with van der Waals surface area (Å²) in [5.41, 5.74) is 0.551. The topological polar surface area (TPSA) is 131 Å². The van der Waals surface area contributed by atoms with E-state index < -0.39 is 28.6 Å². The van der Waals surface area contributed by atoms with E-state index in [1.807, 2.05) is 0 Å². The second-order valence-corrected chi connectivity index (χ2v) is 10.9. The summed E-state index contributed by atoms with van der Waals surface area (Å²) in [4.78, 5) is 43.4. The van der Waals surface area contributed by atoms with E-state index in [4.69, 9.17) is 18.9 Å². The molecular weight excluding hydrogens is 594 g/mol. The van der Waals surface area contributed by atoms with Crippen molar-refractivity contribution in [3.8, 4) is 17.2 Å². The molecule has 0 fully saturated rings. The van der Waals surface area contributed by atoms with Gasteiger partial charge in [0.1, 0.15) is 11.8 Å². The standard InChI is InChI=1S/C26H22BrN3O8S/c1-12(2)38-25(32)22-13(3)28-26-29(23(22)16-9-15(27)5-6-18(16)35-4)24(31)21(39-26)8-14-7-19-20(37-11-36-19)10-17(14)30(33)34/h5-10,12,23H,11H2,1-4H3/b21-8-/t23-/m1/s1. The number of fused-ring (bicyclic) bond motifs is 2. The van der Waals surface area contributed by atoms with Crippen LogP contribution in [0, 0.1) is 10.1 Å². The largest absolute Gasteiger partial charge is 0.496 e. The van der Waals surface area contributed by atoms with Gasteiger partial charge in [-0.1, -0.05) is 27.3 Å². The van der Waals surface area contributed by atoms with Gasteiger partial charge in [-0.05, 0) is 51.1 Å². The lowest BCUT2D eigenvalue weighted by Crippen LogP contribution is -2.40. The van der Waals surface area contributed by atoms with Crippen LogP contribution in [0.5, 0.6) is 17.2 Å². The first-order chi connectivity index (χ1) is 18.6. The predicted octanol–water partition coefficient (Wildman–Crippen LogP) is 3.59. The molecule has 0 saturated heterocycles. The maximum Gasteiger partial charge on any atom is 0.338 e. The number of nitro benzene ring substituents is 1. The number of hydrogen-bond donors (Lipinski definition) is 0. The van der Waals surface area contributed by atoms with Gasteiger partial charge in [0.2, 0.25) is 6.79 Å². The molecule has 3 aromatic rings. The van der Waals surface area contributed by atoms with Gasteiger partial charge in [0.05, 0.1) is 45.6 Å². The van der Waals surface area contributed by atoms with Crippen molar-refractivity contribution in [1.82, 2.24) is 4.57 Å². The molecule has 3 heterocycles. The predicted molar refractivity (Wildman–Crippen MR) is 145 cm³/mol. The number of thiazole rings is 1. The number of benzene rings is 2. The van der Waals surface area contributed by atoms with Crippen molar-refractivity contribution < 1.29 is 28.7 Å². The lowest BCUT2D eigenvalue weighted by atomic mass is 9.95. The molecule has 13 heteroatoms. The Morgan fingerprint density at radius 1 is 1.28 bits per heavy atom. The summed E-state index contributed by atoms with van der Waals surface area (Å²) in [6, 6.07) is 7.09. The Bertz CT molecular complexity index is 1740. The number of carbonyl (C=O) groups excluding carboxylic acids is 1. The maximum absolute atomic E-state index is 13.9. The first kappa shape index (κ1) is 26.6. The molecule has 0 radical (unpaired) electrons. The van der Waals surface area contributed by atoms with Crippen LogP contribution in [0.25, 0.3) is 6.08 Å². The summed E-state index contributed by atoms with van der Waals surface area (Å²) in [7, 11) is 1.50. The number of nitrogens with zero attached hydrogens (tertiary/aromatic N) is 3. The molecule has 11 nitrogen and oxygen atoms in total. The number of allylic oxidation sites excluding steroid dienone is 1. The Morgan fingerprint density at radius 3 is 2.67 bits per heavy atom. The maximum atomic E-state index is 13.9. The number of hydrogen-bond acceptors (Lipinski definition) is 10. The number of aromatic nitrogens is 1. The Morgan fingerprint density at radius 2 is 2.00 bits per heavy atom. The third kappa shape index (κ3) is 4.83. The molecule has 0 unspecified atom stereocenters. The number of rotatable bonds is 6. The van der Waals surface area contributed by atoms with E-state index >= 15 is 0 Å². The molecule has 0 saturated carbocycles. The number of nitro groups is 1. The molecule has 0 aliphatic carbocycles. The Kier molecular flexibility index (Phi) is 7.03. The number of halogens is 1. The third-order valence-corrected chi connectivity index (χ3v) is 7.55. The Labute approximate surface area is 233 Å². The molecule has 202 valence electrons. The van der Waals surface area contributed by atoms with Gasteiger partial charge in [0.25, 0.3) is 11.2 Å². The zero-order valence-electron chi connectivity index (χ0n) is 21.2. The molecule has 5 rings (SSSR count). The first-order valence-corrected chi connectivity index (χ1v) is 13.3. The second-order valence-electron chi connectivity index (χ2n) is 8.94. The van der Waals surface area contributed by atoms with Crippen LogP contribution >= 0.6 is 27.3 Å². The highest BCUT2D eigenvalue weighted by molar-refractivity contribution is 9.10. The van der Waals surface area contributed by atoms with Crippen LogP contribution in [0.4, 0.5) is 5.69 Å². The Balaban J connectivity index is 1.77. The molecule has 1 aromatic heterocycles. The molecule has 0 bridgehead atoms. The average Bonchev–Trinajstić information content (AvgIpc) is 3.45. The van der Waals surface area contributed by atoms with E-state index in [1.165, 1.54) is 29.9 Å². The highest BCUT2D eigenvalue weighted by Crippen LogP contribution is 2.39. The molecule has 2 aromatic carbocycles. The van der Waals surface area contributed by atoms with Gasteiger partial charge in [-0.3, -0.25) is 19.5 Å². The van der Waals surface area contributed by atoms with Crippen molar-refractivity contribution in [2.75, 3.05) is 13.9 Å². The highest BCUT2D eigenvalue weighted by atomic mass is 79.9. The van der Waals surface area contributed by atoms with Crippen LogP contribution < -0.4 is 29.1 Å². The van der Waals surface area contributed by atoms with Crippen LogP contribution in [-0.2, 0) is 9.53 Å². The van der Waals surface area contributed by atoms with Crippen LogP contribution in [-0.4, -0.2) is 35.5 Å². The highest BCUT2D eigenvalue weighted by Gasteiger charge is 2.36. The molecule has 2 aliphatic rings. The fourth-order valence-corrected chi connectivity index (χ4v) is 5.85. The second kappa shape index (κ2) is 10.3. The van der Waals surface area contributed by atoms with Crippen molar-refractivity contribution in [3.05, 3.63) is 87.0 Å². The van der Waals surface area contributed by atoms with Crippen LogP contribution in [0.3, 0.4) is 0 Å². The minimum absolute atomic E-state index is 0.0544. The molecule has 39 heavy (non-hydrogen) atoms. The quantitative estimate of drug-likeness (QED) is 0.233. The molecule has 2 aliphatic heterocycles. The monoisotopic (exact) mass is 615 g/mol. The van der Waals surface area contributed by atoms with E-state index in [0.29, 0.717) is 32.0 Å². The fourth-order valence-electron chi connectivity index (χ4n) is 4.44. The van der Waals surface area contributed by atoms with Crippen LogP contribution in [0.2, 0.25) is 0 Å². The fraction of sp³-hybridized carbons (Fsp3) is 0.269. The Hall–Kier alpha value is -3.97. The smallest absolute Gasteiger partial charge is 0.338 e. The average molecular weight is 616 g/mol. The summed E-state index contributed by atoms with van der Waals surface area (Å²) in [5.74, 6) is 0.435. The number of carbonyl (C=O) groups is 1.